The quantitative estimate of drug-likeness (QED) is 0.467. The van der Waals surface area contributed by atoms with Crippen LogP contribution in [0.5, 0.6) is 0 Å². The van der Waals surface area contributed by atoms with Crippen molar-refractivity contribution in [2.24, 2.45) is 5.10 Å². The molecular formula is C15H13Cl2N3O2. The summed E-state index contributed by atoms with van der Waals surface area (Å²) in [5.74, 6) is 0. The molecule has 1 N–H and O–H groups in total. The SMILES string of the molecule is CC/C(=N\Nc1ccccc1[N+](=O)[O-])c1ccc(Cl)c(Cl)c1. The van der Waals surface area contributed by atoms with Crippen LogP contribution >= 0.6 is 23.2 Å². The lowest BCUT2D eigenvalue weighted by molar-refractivity contribution is -0.384. The number of nitro groups is 1. The smallest absolute Gasteiger partial charge is 0.271 e. The van der Waals surface area contributed by atoms with E-state index in [4.69, 9.17) is 23.2 Å². The number of hydrogen-bond acceptors (Lipinski definition) is 4. The van der Waals surface area contributed by atoms with Gasteiger partial charge in [-0.1, -0.05) is 48.3 Å². The number of para-hydroxylation sites is 2. The molecule has 0 saturated carbocycles. The maximum absolute atomic E-state index is 11.0. The van der Waals surface area contributed by atoms with Crippen LogP contribution in [0.2, 0.25) is 10.0 Å². The van der Waals surface area contributed by atoms with Gasteiger partial charge in [0.15, 0.2) is 0 Å². The Hall–Kier alpha value is -2.11. The summed E-state index contributed by atoms with van der Waals surface area (Å²) in [6.07, 6.45) is 0.631. The molecule has 2 aromatic carbocycles. The highest BCUT2D eigenvalue weighted by Crippen LogP contribution is 2.25. The summed E-state index contributed by atoms with van der Waals surface area (Å²) in [7, 11) is 0. The zero-order chi connectivity index (χ0) is 16.1. The first-order chi connectivity index (χ1) is 10.5. The van der Waals surface area contributed by atoms with Crippen LogP contribution in [-0.4, -0.2) is 10.6 Å². The predicted octanol–water partition coefficient (Wildman–Crippen LogP) is 5.13. The normalized spacial score (nSPS) is 11.3. The molecule has 0 saturated heterocycles. The third-order valence-electron chi connectivity index (χ3n) is 3.00. The van der Waals surface area contributed by atoms with Crippen LogP contribution in [0.25, 0.3) is 0 Å². The number of anilines is 1. The van der Waals surface area contributed by atoms with Crippen LogP contribution < -0.4 is 5.43 Å². The Balaban J connectivity index is 2.30. The fourth-order valence-electron chi connectivity index (χ4n) is 1.88. The fourth-order valence-corrected chi connectivity index (χ4v) is 2.18. The number of nitro benzene ring substituents is 1. The van der Waals surface area contributed by atoms with Crippen LogP contribution in [0.3, 0.4) is 0 Å². The Morgan fingerprint density at radius 1 is 1.23 bits per heavy atom. The van der Waals surface area contributed by atoms with E-state index in [1.54, 1.807) is 36.4 Å². The highest BCUT2D eigenvalue weighted by atomic mass is 35.5. The van der Waals surface area contributed by atoms with E-state index in [0.29, 0.717) is 22.2 Å². The van der Waals surface area contributed by atoms with Crippen LogP contribution in [0, 0.1) is 10.1 Å². The van der Waals surface area contributed by atoms with Gasteiger partial charge in [0, 0.05) is 6.07 Å². The molecule has 5 nitrogen and oxygen atoms in total. The number of benzene rings is 2. The van der Waals surface area contributed by atoms with Crippen LogP contribution in [-0.2, 0) is 0 Å². The number of halogens is 2. The van der Waals surface area contributed by atoms with Crippen LogP contribution in [0.15, 0.2) is 47.6 Å². The van der Waals surface area contributed by atoms with Gasteiger partial charge >= 0.3 is 0 Å². The second-order valence-electron chi connectivity index (χ2n) is 4.43. The average molecular weight is 338 g/mol. The largest absolute Gasteiger partial charge is 0.294 e. The number of hydrazone groups is 1. The third-order valence-corrected chi connectivity index (χ3v) is 3.74. The minimum Gasteiger partial charge on any atom is -0.271 e. The summed E-state index contributed by atoms with van der Waals surface area (Å²) in [6, 6.07) is 11.5. The van der Waals surface area contributed by atoms with E-state index in [9.17, 15) is 10.1 Å². The Labute approximate surface area is 137 Å². The summed E-state index contributed by atoms with van der Waals surface area (Å²) in [5, 5.41) is 16.1. The van der Waals surface area contributed by atoms with Crippen molar-refractivity contribution in [1.82, 2.24) is 0 Å². The predicted molar refractivity (Wildman–Crippen MR) is 90.0 cm³/mol. The maximum Gasteiger partial charge on any atom is 0.294 e. The zero-order valence-electron chi connectivity index (χ0n) is 11.7. The molecule has 0 aliphatic rings. The van der Waals surface area contributed by atoms with Crippen molar-refractivity contribution in [2.45, 2.75) is 13.3 Å². The number of nitrogens with one attached hydrogen (secondary N) is 1. The molecule has 22 heavy (non-hydrogen) atoms. The van der Waals surface area contributed by atoms with Crippen molar-refractivity contribution in [3.05, 3.63) is 68.2 Å². The molecule has 0 aromatic heterocycles. The number of nitrogens with zero attached hydrogens (tertiary/aromatic N) is 2. The molecule has 2 aromatic rings. The van der Waals surface area contributed by atoms with Crippen molar-refractivity contribution in [2.75, 3.05) is 5.43 Å². The van der Waals surface area contributed by atoms with Crippen LogP contribution in [0.4, 0.5) is 11.4 Å². The fraction of sp³-hybridized carbons (Fsp3) is 0.133. The Morgan fingerprint density at radius 2 is 1.95 bits per heavy atom. The molecule has 0 spiro atoms. The van der Waals surface area contributed by atoms with Gasteiger partial charge in [0.1, 0.15) is 5.69 Å². The van der Waals surface area contributed by atoms with E-state index in [1.165, 1.54) is 6.07 Å². The lowest BCUT2D eigenvalue weighted by Gasteiger charge is -2.07. The van der Waals surface area contributed by atoms with Gasteiger partial charge in [0.05, 0.1) is 20.7 Å². The molecule has 0 radical (unpaired) electrons. The number of hydrogen-bond donors (Lipinski definition) is 1. The summed E-state index contributed by atoms with van der Waals surface area (Å²) < 4.78 is 0. The molecule has 114 valence electrons. The molecule has 0 bridgehead atoms. The molecule has 0 aliphatic heterocycles. The summed E-state index contributed by atoms with van der Waals surface area (Å²) in [4.78, 5) is 10.5. The van der Waals surface area contributed by atoms with Crippen molar-refractivity contribution >= 4 is 40.3 Å². The van der Waals surface area contributed by atoms with E-state index in [1.807, 2.05) is 6.92 Å². The van der Waals surface area contributed by atoms with E-state index in [2.05, 4.69) is 10.5 Å². The molecule has 7 heteroatoms. The lowest BCUT2D eigenvalue weighted by Crippen LogP contribution is -2.04. The molecule has 0 heterocycles. The van der Waals surface area contributed by atoms with Gasteiger partial charge in [-0.3, -0.25) is 15.5 Å². The first-order valence-corrected chi connectivity index (χ1v) is 7.30. The average Bonchev–Trinajstić information content (AvgIpc) is 2.51. The monoisotopic (exact) mass is 337 g/mol. The first-order valence-electron chi connectivity index (χ1n) is 6.54. The Morgan fingerprint density at radius 3 is 2.59 bits per heavy atom. The molecule has 2 rings (SSSR count). The van der Waals surface area contributed by atoms with Gasteiger partial charge in [0.2, 0.25) is 0 Å². The molecule has 0 aliphatic carbocycles. The van der Waals surface area contributed by atoms with E-state index >= 15 is 0 Å². The van der Waals surface area contributed by atoms with E-state index in [-0.39, 0.29) is 5.69 Å². The van der Waals surface area contributed by atoms with Gasteiger partial charge < -0.3 is 0 Å². The van der Waals surface area contributed by atoms with E-state index < -0.39 is 4.92 Å². The highest BCUT2D eigenvalue weighted by molar-refractivity contribution is 6.42. The topological polar surface area (TPSA) is 67.5 Å². The van der Waals surface area contributed by atoms with Gasteiger partial charge in [-0.15, -0.1) is 0 Å². The molecule has 0 unspecified atom stereocenters. The molecule has 0 fully saturated rings. The van der Waals surface area contributed by atoms with Crippen LogP contribution in [0.1, 0.15) is 18.9 Å². The maximum atomic E-state index is 11.0. The Kier molecular flexibility index (Phi) is 5.35. The van der Waals surface area contributed by atoms with Gasteiger partial charge in [-0.25, -0.2) is 0 Å². The van der Waals surface area contributed by atoms with Gasteiger partial charge in [-0.2, -0.15) is 5.10 Å². The van der Waals surface area contributed by atoms with Crippen molar-refractivity contribution < 1.29 is 4.92 Å². The first kappa shape index (κ1) is 16.3. The molecule has 0 amide bonds. The lowest BCUT2D eigenvalue weighted by atomic mass is 10.1. The summed E-state index contributed by atoms with van der Waals surface area (Å²) >= 11 is 11.9. The zero-order valence-corrected chi connectivity index (χ0v) is 13.2. The summed E-state index contributed by atoms with van der Waals surface area (Å²) in [5.41, 5.74) is 4.58. The Bertz CT molecular complexity index is 732. The van der Waals surface area contributed by atoms with Crippen molar-refractivity contribution in [3.8, 4) is 0 Å². The molecular weight excluding hydrogens is 325 g/mol. The second-order valence-corrected chi connectivity index (χ2v) is 5.24. The van der Waals surface area contributed by atoms with Gasteiger partial charge in [-0.05, 0) is 30.2 Å². The third kappa shape index (κ3) is 3.75. The minimum atomic E-state index is -0.456. The minimum absolute atomic E-state index is 0.0316. The standard InChI is InChI=1S/C15H13Cl2N3O2/c1-2-13(10-7-8-11(16)12(17)9-10)18-19-14-5-3-4-6-15(14)20(21)22/h3-9,19H,2H2,1H3/b18-13+. The summed E-state index contributed by atoms with van der Waals surface area (Å²) in [6.45, 7) is 1.93. The number of rotatable bonds is 5. The van der Waals surface area contributed by atoms with E-state index in [0.717, 1.165) is 11.3 Å². The van der Waals surface area contributed by atoms with Crippen molar-refractivity contribution in [1.29, 1.82) is 0 Å². The second kappa shape index (κ2) is 7.24. The van der Waals surface area contributed by atoms with Crippen molar-refractivity contribution in [3.63, 3.8) is 0 Å². The molecule has 0 atom stereocenters. The van der Waals surface area contributed by atoms with Gasteiger partial charge in [0.25, 0.3) is 5.69 Å². The highest BCUT2D eigenvalue weighted by Gasteiger charge is 2.12.